The van der Waals surface area contributed by atoms with Crippen LogP contribution in [0.25, 0.3) is 6.08 Å². The molecule has 1 heterocycles. The van der Waals surface area contributed by atoms with Gasteiger partial charge in [-0.25, -0.2) is 14.0 Å². The topological polar surface area (TPSA) is 61.8 Å². The average Bonchev–Trinajstić information content (AvgIpc) is 2.40. The third-order valence-electron chi connectivity index (χ3n) is 3.06. The molecule has 1 aliphatic rings. The first-order chi connectivity index (χ1) is 11.0. The predicted octanol–water partition coefficient (Wildman–Crippen LogP) is 3.07. The molecule has 0 N–H and O–H groups in total. The number of rotatable bonds is 2. The highest BCUT2D eigenvalue weighted by Crippen LogP contribution is 2.39. The number of ether oxygens (including phenoxy) is 3. The van der Waals surface area contributed by atoms with Crippen molar-refractivity contribution >= 4 is 18.0 Å². The Kier molecular flexibility index (Phi) is 4.30. The van der Waals surface area contributed by atoms with Gasteiger partial charge in [0.15, 0.2) is 0 Å². The van der Waals surface area contributed by atoms with Crippen LogP contribution in [0.5, 0.6) is 5.75 Å². The normalized spacial score (nSPS) is 17.2. The van der Waals surface area contributed by atoms with Crippen molar-refractivity contribution in [3.05, 3.63) is 34.6 Å². The van der Waals surface area contributed by atoms with Gasteiger partial charge in [-0.15, -0.1) is 0 Å². The van der Waals surface area contributed by atoms with E-state index >= 15 is 0 Å². The quantitative estimate of drug-likeness (QED) is 0.356. The minimum Gasteiger partial charge on any atom is -0.496 e. The van der Waals surface area contributed by atoms with E-state index in [1.807, 2.05) is 0 Å². The summed E-state index contributed by atoms with van der Waals surface area (Å²) in [5, 5.41) is 0. The van der Waals surface area contributed by atoms with Crippen LogP contribution in [0.3, 0.4) is 0 Å². The maximum absolute atomic E-state index is 13.7. The van der Waals surface area contributed by atoms with Crippen LogP contribution in [-0.2, 0) is 25.2 Å². The molecule has 0 atom stereocenters. The SMILES string of the molecule is COc1ccc(F)c(C(F)(F)F)c1C=C1C(=O)OC(C)(C)OC1=O. The summed E-state index contributed by atoms with van der Waals surface area (Å²) in [6, 6.07) is 1.52. The molecule has 0 amide bonds. The molecule has 1 aromatic carbocycles. The first-order valence-corrected chi connectivity index (χ1v) is 6.58. The van der Waals surface area contributed by atoms with E-state index in [9.17, 15) is 27.2 Å². The molecule has 0 spiro atoms. The van der Waals surface area contributed by atoms with Crippen molar-refractivity contribution in [3.63, 3.8) is 0 Å². The van der Waals surface area contributed by atoms with E-state index in [1.165, 1.54) is 13.8 Å². The number of hydrogen-bond donors (Lipinski definition) is 0. The number of esters is 2. The fourth-order valence-electron chi connectivity index (χ4n) is 2.11. The number of alkyl halides is 3. The van der Waals surface area contributed by atoms with Gasteiger partial charge < -0.3 is 14.2 Å². The molecule has 0 unspecified atom stereocenters. The van der Waals surface area contributed by atoms with Gasteiger partial charge in [-0.05, 0) is 18.2 Å². The molecule has 9 heteroatoms. The Balaban J connectivity index is 2.66. The zero-order valence-corrected chi connectivity index (χ0v) is 12.8. The van der Waals surface area contributed by atoms with Gasteiger partial charge in [0.2, 0.25) is 0 Å². The molecule has 5 nitrogen and oxygen atoms in total. The van der Waals surface area contributed by atoms with Gasteiger partial charge in [0.05, 0.1) is 7.11 Å². The van der Waals surface area contributed by atoms with E-state index in [4.69, 9.17) is 14.2 Å². The van der Waals surface area contributed by atoms with Gasteiger partial charge in [-0.1, -0.05) is 0 Å². The highest BCUT2D eigenvalue weighted by atomic mass is 19.4. The van der Waals surface area contributed by atoms with Crippen LogP contribution in [0.2, 0.25) is 0 Å². The Morgan fingerprint density at radius 1 is 1.12 bits per heavy atom. The van der Waals surface area contributed by atoms with Crippen LogP contribution in [-0.4, -0.2) is 24.8 Å². The van der Waals surface area contributed by atoms with Crippen molar-refractivity contribution in [1.82, 2.24) is 0 Å². The maximum atomic E-state index is 13.7. The second-order valence-corrected chi connectivity index (χ2v) is 5.27. The van der Waals surface area contributed by atoms with Gasteiger partial charge in [-0.3, -0.25) is 0 Å². The van der Waals surface area contributed by atoms with E-state index in [1.54, 1.807) is 0 Å². The Morgan fingerprint density at radius 3 is 2.12 bits per heavy atom. The number of carbonyl (C=O) groups is 2. The van der Waals surface area contributed by atoms with Crippen LogP contribution in [0.15, 0.2) is 17.7 Å². The summed E-state index contributed by atoms with van der Waals surface area (Å²) in [7, 11) is 1.07. The molecular formula is C15H12F4O5. The van der Waals surface area contributed by atoms with Gasteiger partial charge >= 0.3 is 18.1 Å². The monoisotopic (exact) mass is 348 g/mol. The number of halogens is 4. The molecule has 1 aliphatic heterocycles. The zero-order chi connectivity index (χ0) is 18.3. The lowest BCUT2D eigenvalue weighted by Crippen LogP contribution is -2.41. The summed E-state index contributed by atoms with van der Waals surface area (Å²) < 4.78 is 67.5. The molecule has 0 radical (unpaired) electrons. The number of cyclic esters (lactones) is 2. The predicted molar refractivity (Wildman–Crippen MR) is 72.2 cm³/mol. The van der Waals surface area contributed by atoms with Crippen molar-refractivity contribution in [2.75, 3.05) is 7.11 Å². The summed E-state index contributed by atoms with van der Waals surface area (Å²) in [5.41, 5.74) is -3.28. The van der Waals surface area contributed by atoms with E-state index in [2.05, 4.69) is 0 Å². The van der Waals surface area contributed by atoms with Crippen LogP contribution in [0.1, 0.15) is 25.0 Å². The van der Waals surface area contributed by atoms with Gasteiger partial charge in [-0.2, -0.15) is 13.2 Å². The summed E-state index contributed by atoms with van der Waals surface area (Å²) in [5.74, 6) is -5.87. The summed E-state index contributed by atoms with van der Waals surface area (Å²) in [6.07, 6.45) is -4.53. The molecule has 24 heavy (non-hydrogen) atoms. The Labute approximate surface area is 133 Å². The molecular weight excluding hydrogens is 336 g/mol. The molecule has 1 fully saturated rings. The van der Waals surface area contributed by atoms with Crippen molar-refractivity contribution in [2.24, 2.45) is 0 Å². The van der Waals surface area contributed by atoms with Crippen molar-refractivity contribution in [3.8, 4) is 5.75 Å². The molecule has 0 saturated carbocycles. The van der Waals surface area contributed by atoms with E-state index < -0.39 is 46.4 Å². The Hall–Kier alpha value is -2.58. The first kappa shape index (κ1) is 17.8. The Morgan fingerprint density at radius 2 is 1.67 bits per heavy atom. The van der Waals surface area contributed by atoms with Gasteiger partial charge in [0.25, 0.3) is 5.79 Å². The second kappa shape index (κ2) is 5.81. The fraction of sp³-hybridized carbons (Fsp3) is 0.333. The van der Waals surface area contributed by atoms with E-state index in [0.29, 0.717) is 12.1 Å². The Bertz CT molecular complexity index is 712. The fourth-order valence-corrected chi connectivity index (χ4v) is 2.11. The van der Waals surface area contributed by atoms with E-state index in [-0.39, 0.29) is 5.75 Å². The third-order valence-corrected chi connectivity index (χ3v) is 3.06. The largest absolute Gasteiger partial charge is 0.496 e. The lowest BCUT2D eigenvalue weighted by molar-refractivity contribution is -0.222. The van der Waals surface area contributed by atoms with Gasteiger partial charge in [0.1, 0.15) is 22.7 Å². The highest BCUT2D eigenvalue weighted by molar-refractivity contribution is 6.19. The van der Waals surface area contributed by atoms with E-state index in [0.717, 1.165) is 13.2 Å². The molecule has 0 bridgehead atoms. The number of carbonyl (C=O) groups excluding carboxylic acids is 2. The highest BCUT2D eigenvalue weighted by Gasteiger charge is 2.41. The van der Waals surface area contributed by atoms with Crippen molar-refractivity contribution in [1.29, 1.82) is 0 Å². The minimum absolute atomic E-state index is 0.373. The minimum atomic E-state index is -5.08. The third kappa shape index (κ3) is 3.34. The molecule has 1 saturated heterocycles. The summed E-state index contributed by atoms with van der Waals surface area (Å²) in [6.45, 7) is 2.56. The maximum Gasteiger partial charge on any atom is 0.419 e. The smallest absolute Gasteiger partial charge is 0.419 e. The lowest BCUT2D eigenvalue weighted by Gasteiger charge is -2.30. The van der Waals surface area contributed by atoms with Crippen LogP contribution >= 0.6 is 0 Å². The van der Waals surface area contributed by atoms with Crippen LogP contribution < -0.4 is 4.74 Å². The summed E-state index contributed by atoms with van der Waals surface area (Å²) in [4.78, 5) is 23.7. The van der Waals surface area contributed by atoms with Crippen molar-refractivity contribution < 1.29 is 41.4 Å². The van der Waals surface area contributed by atoms with Crippen LogP contribution in [0, 0.1) is 5.82 Å². The lowest BCUT2D eigenvalue weighted by atomic mass is 10.0. The number of benzene rings is 1. The number of hydrogen-bond acceptors (Lipinski definition) is 5. The average molecular weight is 348 g/mol. The van der Waals surface area contributed by atoms with Crippen LogP contribution in [0.4, 0.5) is 17.6 Å². The molecule has 130 valence electrons. The molecule has 0 aromatic heterocycles. The number of methoxy groups -OCH3 is 1. The van der Waals surface area contributed by atoms with Gasteiger partial charge in [0, 0.05) is 19.4 Å². The standard InChI is InChI=1S/C15H12F4O5/c1-14(2)23-12(20)8(13(21)24-14)6-7-10(22-3)5-4-9(16)11(7)15(17,18)19/h4-6H,1-3H3. The molecule has 0 aliphatic carbocycles. The first-order valence-electron chi connectivity index (χ1n) is 6.58. The zero-order valence-electron chi connectivity index (χ0n) is 12.8. The molecule has 2 rings (SSSR count). The summed E-state index contributed by atoms with van der Waals surface area (Å²) >= 11 is 0. The molecule has 1 aromatic rings. The second-order valence-electron chi connectivity index (χ2n) is 5.27. The van der Waals surface area contributed by atoms with Crippen molar-refractivity contribution in [2.45, 2.75) is 25.8 Å².